The molecule has 0 atom stereocenters. The van der Waals surface area contributed by atoms with E-state index >= 15 is 0 Å². The van der Waals surface area contributed by atoms with Crippen LogP contribution < -0.4 is 20.8 Å². The van der Waals surface area contributed by atoms with Gasteiger partial charge in [0.05, 0.1) is 5.69 Å². The average molecular weight is 851 g/mol. The average Bonchev–Trinajstić information content (AvgIpc) is 3.89. The molecule has 2 aliphatic heterocycles. The fraction of sp³-hybridized carbons (Fsp3) is 0.254. The highest BCUT2D eigenvalue weighted by Crippen LogP contribution is 2.59. The minimum atomic E-state index is -0.285. The van der Waals surface area contributed by atoms with Gasteiger partial charge in [0.2, 0.25) is 0 Å². The lowest BCUT2D eigenvalue weighted by Gasteiger charge is -2.45. The lowest BCUT2D eigenvalue weighted by atomic mass is 9.45. The van der Waals surface area contributed by atoms with Crippen LogP contribution in [-0.4, -0.2) is 6.85 Å². The van der Waals surface area contributed by atoms with Crippen molar-refractivity contribution in [1.82, 2.24) is 0 Å². The topological polar surface area (TPSA) is 19.6 Å². The maximum atomic E-state index is 7.48. The molecular weight excluding hydrogens is 796 g/mol. The fourth-order valence-electron chi connectivity index (χ4n) is 11.2. The molecule has 2 aromatic heterocycles. The van der Waals surface area contributed by atoms with Gasteiger partial charge in [-0.1, -0.05) is 149 Å². The van der Waals surface area contributed by atoms with E-state index in [4.69, 9.17) is 4.42 Å². The zero-order valence-corrected chi connectivity index (χ0v) is 39.8. The molecule has 0 amide bonds. The molecular formula is C59H55BN2OS. The Morgan fingerprint density at radius 1 is 0.516 bits per heavy atom. The molecule has 3 aliphatic rings. The highest BCUT2D eigenvalue weighted by atomic mass is 32.1. The molecule has 0 saturated heterocycles. The van der Waals surface area contributed by atoms with Gasteiger partial charge in [0.15, 0.2) is 0 Å². The SMILES string of the molecule is CC(C)(C)c1ccc(N2B3c4oc5ccc(C(C)(C)C)cc5c4N(c4ccc(C(C)(C)C)cc4)c4c3c(cc3c4C(C)(C)c4ccccc4-3)-c3cc4sc5ccccc5c4cc32)cc1. The summed E-state index contributed by atoms with van der Waals surface area (Å²) in [6, 6.07) is 51.3. The zero-order chi connectivity index (χ0) is 44.4. The van der Waals surface area contributed by atoms with Crippen molar-refractivity contribution >= 4 is 88.9 Å². The normalized spacial score (nSPS) is 15.1. The van der Waals surface area contributed by atoms with Gasteiger partial charge in [-0.25, -0.2) is 0 Å². The van der Waals surface area contributed by atoms with Crippen LogP contribution in [0.4, 0.5) is 28.4 Å². The van der Waals surface area contributed by atoms with Crippen LogP contribution in [-0.2, 0) is 21.7 Å². The molecule has 0 bridgehead atoms. The van der Waals surface area contributed by atoms with Crippen molar-refractivity contribution in [3.05, 3.63) is 161 Å². The first-order valence-corrected chi connectivity index (χ1v) is 23.9. The van der Waals surface area contributed by atoms with Crippen LogP contribution in [0.2, 0.25) is 0 Å². The first-order valence-electron chi connectivity index (χ1n) is 23.0. The molecule has 64 heavy (non-hydrogen) atoms. The Bertz CT molecular complexity index is 3420. The quantitative estimate of drug-likeness (QED) is 0.162. The van der Waals surface area contributed by atoms with Gasteiger partial charge in [0, 0.05) is 59.3 Å². The summed E-state index contributed by atoms with van der Waals surface area (Å²) in [4.78, 5) is 5.25. The molecule has 0 N–H and O–H groups in total. The molecule has 5 heteroatoms. The molecule has 1 aliphatic carbocycles. The third-order valence-electron chi connectivity index (χ3n) is 14.7. The first kappa shape index (κ1) is 39.5. The van der Waals surface area contributed by atoms with Gasteiger partial charge in [-0.05, 0) is 127 Å². The second-order valence-corrected chi connectivity index (χ2v) is 23.3. The third-order valence-corrected chi connectivity index (χ3v) is 15.8. The molecule has 7 aromatic carbocycles. The van der Waals surface area contributed by atoms with Gasteiger partial charge >= 0.3 is 6.85 Å². The van der Waals surface area contributed by atoms with Crippen molar-refractivity contribution in [3.63, 3.8) is 0 Å². The summed E-state index contributed by atoms with van der Waals surface area (Å²) >= 11 is 1.90. The lowest BCUT2D eigenvalue weighted by Crippen LogP contribution is -2.61. The van der Waals surface area contributed by atoms with Crippen LogP contribution in [0.15, 0.2) is 138 Å². The van der Waals surface area contributed by atoms with E-state index in [-0.39, 0.29) is 28.5 Å². The van der Waals surface area contributed by atoms with Gasteiger partial charge in [-0.2, -0.15) is 0 Å². The molecule has 0 fully saturated rings. The van der Waals surface area contributed by atoms with E-state index in [0.29, 0.717) is 0 Å². The molecule has 9 aromatic rings. The molecule has 4 heterocycles. The predicted molar refractivity (Wildman–Crippen MR) is 276 cm³/mol. The Morgan fingerprint density at radius 3 is 1.83 bits per heavy atom. The number of hydrogen-bond donors (Lipinski definition) is 0. The highest BCUT2D eigenvalue weighted by molar-refractivity contribution is 7.25. The second-order valence-electron chi connectivity index (χ2n) is 22.2. The zero-order valence-electron chi connectivity index (χ0n) is 39.0. The smallest absolute Gasteiger partial charge is 0.375 e. The van der Waals surface area contributed by atoms with E-state index in [1.165, 1.54) is 87.1 Å². The predicted octanol–water partition coefficient (Wildman–Crippen LogP) is 15.7. The van der Waals surface area contributed by atoms with E-state index in [1.807, 2.05) is 11.3 Å². The van der Waals surface area contributed by atoms with Crippen LogP contribution in [0.3, 0.4) is 0 Å². The van der Waals surface area contributed by atoms with E-state index in [1.54, 1.807) is 0 Å². The van der Waals surface area contributed by atoms with Gasteiger partial charge in [-0.15, -0.1) is 11.3 Å². The van der Waals surface area contributed by atoms with Crippen molar-refractivity contribution in [2.75, 3.05) is 9.71 Å². The van der Waals surface area contributed by atoms with Gasteiger partial charge < -0.3 is 14.1 Å². The molecule has 316 valence electrons. The number of rotatable bonds is 2. The number of anilines is 5. The van der Waals surface area contributed by atoms with Crippen LogP contribution in [0.5, 0.6) is 0 Å². The maximum Gasteiger partial charge on any atom is 0.375 e. The van der Waals surface area contributed by atoms with Crippen LogP contribution >= 0.6 is 11.3 Å². The van der Waals surface area contributed by atoms with E-state index < -0.39 is 0 Å². The van der Waals surface area contributed by atoms with Crippen LogP contribution in [0.1, 0.15) is 104 Å². The minimum Gasteiger partial charge on any atom is -0.466 e. The van der Waals surface area contributed by atoms with Crippen molar-refractivity contribution < 1.29 is 4.42 Å². The number of furan rings is 1. The Morgan fingerprint density at radius 2 is 1.14 bits per heavy atom. The van der Waals surface area contributed by atoms with Crippen LogP contribution in [0.25, 0.3) is 53.4 Å². The van der Waals surface area contributed by atoms with Gasteiger partial charge in [-0.3, -0.25) is 0 Å². The Hall–Kier alpha value is -6.04. The summed E-state index contributed by atoms with van der Waals surface area (Å²) < 4.78 is 10.1. The molecule has 0 unspecified atom stereocenters. The summed E-state index contributed by atoms with van der Waals surface area (Å²) in [7, 11) is 0. The summed E-state index contributed by atoms with van der Waals surface area (Å²) in [5, 5.41) is 3.74. The van der Waals surface area contributed by atoms with Crippen LogP contribution in [0, 0.1) is 0 Å². The summed E-state index contributed by atoms with van der Waals surface area (Å²) in [5.41, 5.74) is 20.7. The number of thiophene rings is 1. The number of hydrogen-bond acceptors (Lipinski definition) is 4. The largest absolute Gasteiger partial charge is 0.466 e. The Labute approximate surface area is 382 Å². The highest BCUT2D eigenvalue weighted by Gasteiger charge is 2.52. The van der Waals surface area contributed by atoms with E-state index in [0.717, 1.165) is 33.7 Å². The Balaban J connectivity index is 1.27. The van der Waals surface area contributed by atoms with Crippen molar-refractivity contribution in [1.29, 1.82) is 0 Å². The van der Waals surface area contributed by atoms with Crippen molar-refractivity contribution in [2.24, 2.45) is 0 Å². The molecule has 12 rings (SSSR count). The summed E-state index contributed by atoms with van der Waals surface area (Å²) in [5.74, 6) is 0. The van der Waals surface area contributed by atoms with Crippen molar-refractivity contribution in [3.8, 4) is 22.3 Å². The molecule has 0 radical (unpaired) electrons. The summed E-state index contributed by atoms with van der Waals surface area (Å²) in [6.45, 7) is 25.4. The van der Waals surface area contributed by atoms with Gasteiger partial charge in [0.25, 0.3) is 0 Å². The molecule has 3 nitrogen and oxygen atoms in total. The molecule has 0 saturated carbocycles. The summed E-state index contributed by atoms with van der Waals surface area (Å²) in [6.07, 6.45) is 0. The third kappa shape index (κ3) is 5.52. The number of benzene rings is 7. The molecule has 0 spiro atoms. The monoisotopic (exact) mass is 850 g/mol. The number of fused-ring (bicyclic) bond motifs is 13. The fourth-order valence-corrected chi connectivity index (χ4v) is 12.4. The Kier molecular flexibility index (Phi) is 8.06. The first-order chi connectivity index (χ1) is 30.4. The standard InChI is InChI=1S/C59H55BN2OS/c1-56(2,3)34-20-25-37(26-21-34)61-53-45-30-36(58(7,8)9)24-29-48(45)63-55(53)60-52-44(31-43-39-16-12-14-18-46(39)59(10,11)51(43)54(52)61)41-33-50-42(40-17-13-15-19-49(40)64-50)32-47(41)62(60)38-27-22-35(23-28-38)57(4,5)6/h12-33H,1-11H3. The van der Waals surface area contributed by atoms with Crippen molar-refractivity contribution in [2.45, 2.75) is 97.8 Å². The lowest BCUT2D eigenvalue weighted by molar-refractivity contribution is 0.590. The van der Waals surface area contributed by atoms with Gasteiger partial charge in [0.1, 0.15) is 11.2 Å². The second kappa shape index (κ2) is 13.0. The van der Waals surface area contributed by atoms with E-state index in [9.17, 15) is 0 Å². The maximum absolute atomic E-state index is 7.48. The van der Waals surface area contributed by atoms with E-state index in [2.05, 4.69) is 219 Å². The number of nitrogens with zero attached hydrogens (tertiary/aromatic N) is 2. The minimum absolute atomic E-state index is 0.0160.